The van der Waals surface area contributed by atoms with Gasteiger partial charge in [-0.15, -0.1) is 0 Å². The Morgan fingerprint density at radius 2 is 1.63 bits per heavy atom. The minimum atomic E-state index is -4.97. The van der Waals surface area contributed by atoms with Gasteiger partial charge in [0.25, 0.3) is 0 Å². The van der Waals surface area contributed by atoms with Gasteiger partial charge in [-0.1, -0.05) is 0 Å². The second-order valence-corrected chi connectivity index (χ2v) is 3.67. The Labute approximate surface area is 102 Å². The van der Waals surface area contributed by atoms with Gasteiger partial charge in [0.1, 0.15) is 6.04 Å². The zero-order valence-electron chi connectivity index (χ0n) is 9.01. The summed E-state index contributed by atoms with van der Waals surface area (Å²) in [5, 5.41) is 8.59. The van der Waals surface area contributed by atoms with Crippen LogP contribution in [0.5, 0.6) is 0 Å². The van der Waals surface area contributed by atoms with Crippen LogP contribution < -0.4 is 5.73 Å². The molecule has 0 saturated heterocycles. The molecule has 0 fully saturated rings. The Bertz CT molecular complexity index is 494. The fourth-order valence-corrected chi connectivity index (χ4v) is 1.31. The molecule has 0 spiro atoms. The number of halogens is 6. The molecule has 0 aliphatic rings. The number of rotatable bonds is 2. The van der Waals surface area contributed by atoms with E-state index >= 15 is 0 Å². The van der Waals surface area contributed by atoms with Crippen LogP contribution in [0, 0.1) is 0 Å². The lowest BCUT2D eigenvalue weighted by Gasteiger charge is -2.18. The summed E-state index contributed by atoms with van der Waals surface area (Å²) in [6.07, 6.45) is -9.94. The number of hydrogen-bond acceptors (Lipinski definition) is 2. The number of alkyl halides is 6. The van der Waals surface area contributed by atoms with E-state index in [4.69, 9.17) is 10.8 Å². The fourth-order valence-electron chi connectivity index (χ4n) is 1.31. The van der Waals surface area contributed by atoms with Gasteiger partial charge in [0, 0.05) is 0 Å². The second-order valence-electron chi connectivity index (χ2n) is 3.67. The predicted octanol–water partition coefficient (Wildman–Crippen LogP) is 2.97. The maximum atomic E-state index is 12.5. The SMILES string of the molecule is N[C@@H](c1cc(C(=O)O)cc(C(F)(F)F)c1)C(F)(F)F. The van der Waals surface area contributed by atoms with Crippen molar-refractivity contribution in [3.8, 4) is 0 Å². The molecule has 1 aromatic rings. The molecule has 1 rings (SSSR count). The summed E-state index contributed by atoms with van der Waals surface area (Å²) < 4.78 is 74.4. The number of aromatic carboxylic acids is 1. The van der Waals surface area contributed by atoms with Crippen molar-refractivity contribution in [3.05, 3.63) is 34.9 Å². The van der Waals surface area contributed by atoms with Crippen LogP contribution in [-0.4, -0.2) is 17.3 Å². The quantitative estimate of drug-likeness (QED) is 0.822. The van der Waals surface area contributed by atoms with Crippen molar-refractivity contribution in [1.82, 2.24) is 0 Å². The molecule has 19 heavy (non-hydrogen) atoms. The summed E-state index contributed by atoms with van der Waals surface area (Å²) in [4.78, 5) is 10.6. The van der Waals surface area contributed by atoms with E-state index in [0.717, 1.165) is 0 Å². The van der Waals surface area contributed by atoms with E-state index in [0.29, 0.717) is 6.07 Å². The van der Waals surface area contributed by atoms with Gasteiger partial charge in [0.15, 0.2) is 0 Å². The molecule has 0 aliphatic heterocycles. The molecule has 9 heteroatoms. The van der Waals surface area contributed by atoms with Gasteiger partial charge in [0.05, 0.1) is 11.1 Å². The summed E-state index contributed by atoms with van der Waals surface area (Å²) in [5.74, 6) is -1.78. The number of carboxylic acids is 1. The number of carbonyl (C=O) groups is 1. The van der Waals surface area contributed by atoms with E-state index in [2.05, 4.69) is 0 Å². The zero-order valence-corrected chi connectivity index (χ0v) is 9.01. The van der Waals surface area contributed by atoms with E-state index in [9.17, 15) is 31.1 Å². The Kier molecular flexibility index (Phi) is 3.80. The Morgan fingerprint density at radius 3 is 2.00 bits per heavy atom. The summed E-state index contributed by atoms with van der Waals surface area (Å²) >= 11 is 0. The van der Waals surface area contributed by atoms with Crippen LogP contribution in [0.1, 0.15) is 27.5 Å². The first-order chi connectivity index (χ1) is 8.43. The van der Waals surface area contributed by atoms with Crippen molar-refractivity contribution in [2.24, 2.45) is 5.73 Å². The van der Waals surface area contributed by atoms with Crippen molar-refractivity contribution in [2.45, 2.75) is 18.4 Å². The van der Waals surface area contributed by atoms with Crippen LogP contribution in [0.2, 0.25) is 0 Å². The highest BCUT2D eigenvalue weighted by molar-refractivity contribution is 5.88. The number of benzene rings is 1. The predicted molar refractivity (Wildman–Crippen MR) is 51.4 cm³/mol. The van der Waals surface area contributed by atoms with Crippen molar-refractivity contribution in [2.75, 3.05) is 0 Å². The molecule has 0 radical (unpaired) electrons. The molecule has 0 bridgehead atoms. The van der Waals surface area contributed by atoms with Gasteiger partial charge in [0.2, 0.25) is 0 Å². The maximum Gasteiger partial charge on any atom is 0.416 e. The molecule has 0 aromatic heterocycles. The third-order valence-electron chi connectivity index (χ3n) is 2.24. The lowest BCUT2D eigenvalue weighted by atomic mass is 10.00. The van der Waals surface area contributed by atoms with Gasteiger partial charge < -0.3 is 10.8 Å². The molecule has 1 atom stereocenters. The average molecular weight is 287 g/mol. The normalized spacial score (nSPS) is 14.3. The van der Waals surface area contributed by atoms with Crippen LogP contribution in [0.4, 0.5) is 26.3 Å². The molecule has 0 heterocycles. The van der Waals surface area contributed by atoms with Gasteiger partial charge in [-0.3, -0.25) is 0 Å². The van der Waals surface area contributed by atoms with Crippen molar-refractivity contribution in [1.29, 1.82) is 0 Å². The lowest BCUT2D eigenvalue weighted by Crippen LogP contribution is -2.29. The second kappa shape index (κ2) is 4.72. The van der Waals surface area contributed by atoms with Gasteiger partial charge in [-0.2, -0.15) is 26.3 Å². The minimum Gasteiger partial charge on any atom is -0.478 e. The van der Waals surface area contributed by atoms with Crippen LogP contribution in [0.25, 0.3) is 0 Å². The Morgan fingerprint density at radius 1 is 1.11 bits per heavy atom. The maximum absolute atomic E-state index is 12.5. The number of carboxylic acid groups (broad SMARTS) is 1. The summed E-state index contributed by atoms with van der Waals surface area (Å²) in [6.45, 7) is 0. The molecule has 106 valence electrons. The highest BCUT2D eigenvalue weighted by Crippen LogP contribution is 2.35. The van der Waals surface area contributed by atoms with Crippen LogP contribution in [0.3, 0.4) is 0 Å². The van der Waals surface area contributed by atoms with Crippen molar-refractivity contribution >= 4 is 5.97 Å². The summed E-state index contributed by atoms with van der Waals surface area (Å²) in [5.41, 5.74) is 1.40. The van der Waals surface area contributed by atoms with Gasteiger partial charge >= 0.3 is 18.3 Å². The average Bonchev–Trinajstić information content (AvgIpc) is 2.24. The molecule has 1 aromatic carbocycles. The molecule has 3 N–H and O–H groups in total. The highest BCUT2D eigenvalue weighted by atomic mass is 19.4. The molecule has 0 amide bonds. The van der Waals surface area contributed by atoms with Crippen LogP contribution in [0.15, 0.2) is 18.2 Å². The zero-order chi connectivity index (χ0) is 15.0. The fraction of sp³-hybridized carbons (Fsp3) is 0.300. The van der Waals surface area contributed by atoms with E-state index < -0.39 is 41.1 Å². The first-order valence-electron chi connectivity index (χ1n) is 4.70. The molecule has 3 nitrogen and oxygen atoms in total. The molecule has 0 aliphatic carbocycles. The molecule has 0 unspecified atom stereocenters. The number of hydrogen-bond donors (Lipinski definition) is 2. The third-order valence-corrected chi connectivity index (χ3v) is 2.24. The van der Waals surface area contributed by atoms with Crippen molar-refractivity contribution in [3.63, 3.8) is 0 Å². The first-order valence-corrected chi connectivity index (χ1v) is 4.70. The number of nitrogens with two attached hydrogens (primary N) is 1. The smallest absolute Gasteiger partial charge is 0.416 e. The molecular formula is C10H7F6NO2. The van der Waals surface area contributed by atoms with E-state index in [-0.39, 0.29) is 12.1 Å². The van der Waals surface area contributed by atoms with Crippen LogP contribution in [-0.2, 0) is 6.18 Å². The lowest BCUT2D eigenvalue weighted by molar-refractivity contribution is -0.150. The topological polar surface area (TPSA) is 63.3 Å². The first kappa shape index (κ1) is 15.3. The Balaban J connectivity index is 3.41. The highest BCUT2D eigenvalue weighted by Gasteiger charge is 2.40. The Hall–Kier alpha value is -1.77. The van der Waals surface area contributed by atoms with Gasteiger partial charge in [-0.25, -0.2) is 4.79 Å². The standard InChI is InChI=1S/C10H7F6NO2/c11-9(12,13)6-2-4(7(17)10(14,15)16)1-5(3-6)8(18)19/h1-3,7H,17H2,(H,18,19)/t7-/m0/s1. The van der Waals surface area contributed by atoms with Gasteiger partial charge in [-0.05, 0) is 23.8 Å². The van der Waals surface area contributed by atoms with E-state index in [1.54, 1.807) is 0 Å². The monoisotopic (exact) mass is 287 g/mol. The third kappa shape index (κ3) is 3.60. The van der Waals surface area contributed by atoms with E-state index in [1.165, 1.54) is 0 Å². The minimum absolute atomic E-state index is 0.185. The largest absolute Gasteiger partial charge is 0.478 e. The van der Waals surface area contributed by atoms with Crippen molar-refractivity contribution < 1.29 is 36.2 Å². The summed E-state index contributed by atoms with van der Waals surface area (Å²) in [6, 6.07) is -1.79. The van der Waals surface area contributed by atoms with E-state index in [1.807, 2.05) is 0 Å². The molecule has 0 saturated carbocycles. The molecular weight excluding hydrogens is 280 g/mol. The summed E-state index contributed by atoms with van der Waals surface area (Å²) in [7, 11) is 0. The van der Waals surface area contributed by atoms with Crippen LogP contribution >= 0.6 is 0 Å².